The molecule has 0 heterocycles. The molecule has 0 aromatic heterocycles. The van der Waals surface area contributed by atoms with Gasteiger partial charge in [-0.1, -0.05) is 6.92 Å². The number of nitro benzene ring substituents is 1. The van der Waals surface area contributed by atoms with E-state index in [4.69, 9.17) is 4.74 Å². The number of nitrogens with zero attached hydrogens (tertiary/aromatic N) is 1. The zero-order valence-corrected chi connectivity index (χ0v) is 13.2. The van der Waals surface area contributed by atoms with Crippen molar-refractivity contribution in [2.75, 3.05) is 20.2 Å². The summed E-state index contributed by atoms with van der Waals surface area (Å²) in [6, 6.07) is 2.87. The van der Waals surface area contributed by atoms with Crippen LogP contribution in [-0.2, 0) is 0 Å². The molecule has 0 aliphatic carbocycles. The average Bonchev–Trinajstić information content (AvgIpc) is 2.27. The number of halogens is 2. The lowest BCUT2D eigenvalue weighted by Gasteiger charge is -2.14. The molecule has 0 saturated heterocycles. The summed E-state index contributed by atoms with van der Waals surface area (Å²) in [5, 5.41) is 13.7. The zero-order chi connectivity index (χ0) is 13.7. The van der Waals surface area contributed by atoms with E-state index in [0.717, 1.165) is 6.54 Å². The van der Waals surface area contributed by atoms with E-state index in [-0.39, 0.29) is 5.69 Å². The SMILES string of the molecule is CNCC(C)COc1c(Br)cc([N+](=O)[O-])cc1Br. The normalized spacial score (nSPS) is 12.2. The first-order valence-electron chi connectivity index (χ1n) is 5.36. The van der Waals surface area contributed by atoms with Crippen LogP contribution in [0.2, 0.25) is 0 Å². The van der Waals surface area contributed by atoms with Gasteiger partial charge >= 0.3 is 0 Å². The van der Waals surface area contributed by atoms with Crippen molar-refractivity contribution in [2.24, 2.45) is 5.92 Å². The average molecular weight is 382 g/mol. The fourth-order valence-corrected chi connectivity index (χ4v) is 2.81. The third kappa shape index (κ3) is 4.22. The maximum atomic E-state index is 10.7. The van der Waals surface area contributed by atoms with Gasteiger partial charge in [0, 0.05) is 24.6 Å². The van der Waals surface area contributed by atoms with Crippen molar-refractivity contribution >= 4 is 37.5 Å². The molecule has 5 nitrogen and oxygen atoms in total. The molecule has 0 fully saturated rings. The quantitative estimate of drug-likeness (QED) is 0.606. The second-order valence-corrected chi connectivity index (χ2v) is 5.68. The highest BCUT2D eigenvalue weighted by Gasteiger charge is 2.15. The molecule has 1 aromatic carbocycles. The predicted molar refractivity (Wildman–Crippen MR) is 77.1 cm³/mol. The Kier molecular flexibility index (Phi) is 6.04. The highest BCUT2D eigenvalue weighted by atomic mass is 79.9. The summed E-state index contributed by atoms with van der Waals surface area (Å²) in [6.07, 6.45) is 0. The van der Waals surface area contributed by atoms with Crippen LogP contribution in [0.3, 0.4) is 0 Å². The van der Waals surface area contributed by atoms with Crippen molar-refractivity contribution in [1.82, 2.24) is 5.32 Å². The lowest BCUT2D eigenvalue weighted by molar-refractivity contribution is -0.385. The zero-order valence-electron chi connectivity index (χ0n) is 10.1. The molecule has 1 atom stereocenters. The minimum absolute atomic E-state index is 0.0179. The maximum Gasteiger partial charge on any atom is 0.271 e. The standard InChI is InChI=1S/C11H14Br2N2O3/c1-7(5-14-2)6-18-11-9(12)3-8(15(16)17)4-10(11)13/h3-4,7,14H,5-6H2,1-2H3. The molecule has 0 aliphatic heterocycles. The van der Waals surface area contributed by atoms with Gasteiger partial charge < -0.3 is 10.1 Å². The molecule has 1 N–H and O–H groups in total. The van der Waals surface area contributed by atoms with Gasteiger partial charge in [0.25, 0.3) is 5.69 Å². The summed E-state index contributed by atoms with van der Waals surface area (Å²) < 4.78 is 6.80. The highest BCUT2D eigenvalue weighted by molar-refractivity contribution is 9.11. The van der Waals surface area contributed by atoms with Gasteiger partial charge in [0.2, 0.25) is 0 Å². The third-order valence-electron chi connectivity index (χ3n) is 2.26. The van der Waals surface area contributed by atoms with Crippen LogP contribution in [0.25, 0.3) is 0 Å². The minimum Gasteiger partial charge on any atom is -0.491 e. The first kappa shape index (κ1) is 15.4. The van der Waals surface area contributed by atoms with Crippen molar-refractivity contribution in [3.8, 4) is 5.75 Å². The van der Waals surface area contributed by atoms with Crippen LogP contribution in [0, 0.1) is 16.0 Å². The van der Waals surface area contributed by atoms with E-state index < -0.39 is 4.92 Å². The molecule has 18 heavy (non-hydrogen) atoms. The number of rotatable bonds is 6. The van der Waals surface area contributed by atoms with E-state index in [9.17, 15) is 10.1 Å². The van der Waals surface area contributed by atoms with Crippen LogP contribution >= 0.6 is 31.9 Å². The summed E-state index contributed by atoms with van der Waals surface area (Å²) in [5.41, 5.74) is 0.0179. The Bertz CT molecular complexity index is 417. The molecular formula is C11H14Br2N2O3. The Labute approximate surface area is 122 Å². The lowest BCUT2D eigenvalue weighted by Crippen LogP contribution is -2.21. The van der Waals surface area contributed by atoms with Gasteiger partial charge in [-0.3, -0.25) is 10.1 Å². The molecule has 0 spiro atoms. The number of nitro groups is 1. The first-order valence-corrected chi connectivity index (χ1v) is 6.95. The molecule has 100 valence electrons. The summed E-state index contributed by atoms with van der Waals surface area (Å²) in [6.45, 7) is 3.45. The van der Waals surface area contributed by atoms with Gasteiger partial charge in [-0.05, 0) is 38.9 Å². The molecule has 0 bridgehead atoms. The Morgan fingerprint density at radius 3 is 2.44 bits per heavy atom. The van der Waals surface area contributed by atoms with Crippen LogP contribution in [0.15, 0.2) is 21.1 Å². The van der Waals surface area contributed by atoms with Gasteiger partial charge in [0.15, 0.2) is 0 Å². The highest BCUT2D eigenvalue weighted by Crippen LogP contribution is 2.37. The number of hydrogen-bond acceptors (Lipinski definition) is 4. The summed E-state index contributed by atoms with van der Waals surface area (Å²) in [4.78, 5) is 10.2. The maximum absolute atomic E-state index is 10.7. The van der Waals surface area contributed by atoms with Gasteiger partial charge in [-0.15, -0.1) is 0 Å². The second-order valence-electron chi connectivity index (χ2n) is 3.97. The topological polar surface area (TPSA) is 64.4 Å². The molecule has 0 amide bonds. The number of benzene rings is 1. The molecular weight excluding hydrogens is 368 g/mol. The Hall–Kier alpha value is -0.660. The van der Waals surface area contributed by atoms with E-state index in [1.807, 2.05) is 7.05 Å². The van der Waals surface area contributed by atoms with Crippen LogP contribution in [0.5, 0.6) is 5.75 Å². The fourth-order valence-electron chi connectivity index (χ4n) is 1.42. The summed E-state index contributed by atoms with van der Waals surface area (Å²) in [7, 11) is 1.88. The molecule has 1 rings (SSSR count). The van der Waals surface area contributed by atoms with E-state index in [1.54, 1.807) is 0 Å². The lowest BCUT2D eigenvalue weighted by atomic mass is 10.2. The van der Waals surface area contributed by atoms with Crippen molar-refractivity contribution in [2.45, 2.75) is 6.92 Å². The Balaban J connectivity index is 2.81. The molecule has 1 aromatic rings. The monoisotopic (exact) mass is 380 g/mol. The largest absolute Gasteiger partial charge is 0.491 e. The van der Waals surface area contributed by atoms with Crippen molar-refractivity contribution in [3.05, 3.63) is 31.2 Å². The van der Waals surface area contributed by atoms with Gasteiger partial charge in [0.1, 0.15) is 5.75 Å². The van der Waals surface area contributed by atoms with Gasteiger partial charge in [-0.2, -0.15) is 0 Å². The fraction of sp³-hybridized carbons (Fsp3) is 0.455. The van der Waals surface area contributed by atoms with E-state index in [0.29, 0.717) is 27.2 Å². The van der Waals surface area contributed by atoms with Gasteiger partial charge in [0.05, 0.1) is 20.5 Å². The second kappa shape index (κ2) is 7.06. The van der Waals surface area contributed by atoms with Crippen LogP contribution < -0.4 is 10.1 Å². The number of ether oxygens (including phenoxy) is 1. The molecule has 1 unspecified atom stereocenters. The summed E-state index contributed by atoms with van der Waals surface area (Å²) in [5.74, 6) is 0.938. The van der Waals surface area contributed by atoms with Crippen molar-refractivity contribution < 1.29 is 9.66 Å². The Morgan fingerprint density at radius 2 is 2.00 bits per heavy atom. The van der Waals surface area contributed by atoms with Crippen molar-refractivity contribution in [1.29, 1.82) is 0 Å². The third-order valence-corrected chi connectivity index (χ3v) is 3.44. The molecule has 7 heteroatoms. The first-order chi connectivity index (χ1) is 8.45. The molecule has 0 radical (unpaired) electrons. The number of non-ortho nitro benzene ring substituents is 1. The predicted octanol–water partition coefficient (Wildman–Crippen LogP) is 3.35. The van der Waals surface area contributed by atoms with Crippen LogP contribution in [-0.4, -0.2) is 25.1 Å². The van der Waals surface area contributed by atoms with Crippen LogP contribution in [0.1, 0.15) is 6.92 Å². The number of nitrogens with one attached hydrogen (secondary N) is 1. The van der Waals surface area contributed by atoms with E-state index in [1.165, 1.54) is 12.1 Å². The van der Waals surface area contributed by atoms with E-state index in [2.05, 4.69) is 44.1 Å². The Morgan fingerprint density at radius 1 is 1.44 bits per heavy atom. The van der Waals surface area contributed by atoms with E-state index >= 15 is 0 Å². The smallest absolute Gasteiger partial charge is 0.271 e. The summed E-state index contributed by atoms with van der Waals surface area (Å²) >= 11 is 6.56. The van der Waals surface area contributed by atoms with Gasteiger partial charge in [-0.25, -0.2) is 0 Å². The molecule has 0 saturated carbocycles. The molecule has 0 aliphatic rings. The van der Waals surface area contributed by atoms with Crippen molar-refractivity contribution in [3.63, 3.8) is 0 Å². The minimum atomic E-state index is -0.442. The van der Waals surface area contributed by atoms with Crippen LogP contribution in [0.4, 0.5) is 5.69 Å². The number of hydrogen-bond donors (Lipinski definition) is 1.